The highest BCUT2D eigenvalue weighted by molar-refractivity contribution is 5.89. The Morgan fingerprint density at radius 1 is 1.40 bits per heavy atom. The highest BCUT2D eigenvalue weighted by Gasteiger charge is 2.06. The van der Waals surface area contributed by atoms with E-state index in [0.29, 0.717) is 12.1 Å². The van der Waals surface area contributed by atoms with Gasteiger partial charge in [0.05, 0.1) is 5.69 Å². The molecule has 0 heterocycles. The maximum atomic E-state index is 13.7. The van der Waals surface area contributed by atoms with E-state index in [1.54, 1.807) is 0 Å². The van der Waals surface area contributed by atoms with Crippen molar-refractivity contribution >= 4 is 23.8 Å². The molecule has 2 amide bonds. The molecular weight excluding hydrogens is 263 g/mol. The highest BCUT2D eigenvalue weighted by atomic mass is 19.1. The first-order valence-corrected chi connectivity index (χ1v) is 6.28. The summed E-state index contributed by atoms with van der Waals surface area (Å²) in [7, 11) is 0. The summed E-state index contributed by atoms with van der Waals surface area (Å²) in [5.74, 6) is -1.73. The minimum absolute atomic E-state index is 0.0477. The van der Waals surface area contributed by atoms with Gasteiger partial charge in [0.15, 0.2) is 0 Å². The molecule has 0 radical (unpaired) electrons. The van der Waals surface area contributed by atoms with Gasteiger partial charge < -0.3 is 15.7 Å². The summed E-state index contributed by atoms with van der Waals surface area (Å²) >= 11 is 0. The predicted octanol–water partition coefficient (Wildman–Crippen LogP) is 2.85. The summed E-state index contributed by atoms with van der Waals surface area (Å²) in [6, 6.07) is 3.59. The summed E-state index contributed by atoms with van der Waals surface area (Å²) in [5, 5.41) is 13.5. The van der Waals surface area contributed by atoms with Gasteiger partial charge in [-0.15, -0.1) is 0 Å². The number of urea groups is 1. The number of carboxylic acids is 1. The Labute approximate surface area is 116 Å². The molecule has 3 N–H and O–H groups in total. The maximum absolute atomic E-state index is 13.7. The Kier molecular flexibility index (Phi) is 6.22. The molecule has 0 aliphatic rings. The number of hydrogen-bond acceptors (Lipinski definition) is 2. The van der Waals surface area contributed by atoms with E-state index in [1.165, 1.54) is 18.2 Å². The number of unbranched alkanes of at least 4 members (excludes halogenated alkanes) is 1. The van der Waals surface area contributed by atoms with E-state index in [2.05, 4.69) is 10.6 Å². The number of amides is 2. The zero-order valence-electron chi connectivity index (χ0n) is 11.1. The summed E-state index contributed by atoms with van der Waals surface area (Å²) < 4.78 is 13.7. The second-order valence-electron chi connectivity index (χ2n) is 4.15. The molecule has 1 rings (SSSR count). The molecule has 0 saturated carbocycles. The third-order valence-corrected chi connectivity index (χ3v) is 2.48. The van der Waals surface area contributed by atoms with Crippen LogP contribution in [0.15, 0.2) is 24.3 Å². The van der Waals surface area contributed by atoms with Gasteiger partial charge in [0.25, 0.3) is 0 Å². The van der Waals surface area contributed by atoms with Crippen molar-refractivity contribution in [3.8, 4) is 0 Å². The van der Waals surface area contributed by atoms with E-state index in [-0.39, 0.29) is 5.69 Å². The Morgan fingerprint density at radius 3 is 2.75 bits per heavy atom. The van der Waals surface area contributed by atoms with Gasteiger partial charge in [-0.05, 0) is 30.2 Å². The summed E-state index contributed by atoms with van der Waals surface area (Å²) in [5.41, 5.74) is 0.452. The molecule has 0 aliphatic heterocycles. The fraction of sp³-hybridized carbons (Fsp3) is 0.286. The zero-order chi connectivity index (χ0) is 15.0. The number of benzene rings is 1. The number of carbonyl (C=O) groups is 2. The molecule has 0 fully saturated rings. The lowest BCUT2D eigenvalue weighted by atomic mass is 10.2. The normalized spacial score (nSPS) is 10.5. The van der Waals surface area contributed by atoms with E-state index in [0.717, 1.165) is 25.0 Å². The Hall–Kier alpha value is -2.37. The molecule has 20 heavy (non-hydrogen) atoms. The van der Waals surface area contributed by atoms with Crippen LogP contribution in [0.4, 0.5) is 14.9 Å². The molecule has 0 atom stereocenters. The largest absolute Gasteiger partial charge is 0.478 e. The van der Waals surface area contributed by atoms with Crippen molar-refractivity contribution in [1.82, 2.24) is 5.32 Å². The van der Waals surface area contributed by atoms with Gasteiger partial charge in [0.1, 0.15) is 5.82 Å². The van der Waals surface area contributed by atoms with Crippen LogP contribution >= 0.6 is 0 Å². The summed E-state index contributed by atoms with van der Waals surface area (Å²) in [4.78, 5) is 21.8. The number of carbonyl (C=O) groups excluding carboxylic acids is 1. The topological polar surface area (TPSA) is 78.4 Å². The molecule has 0 unspecified atom stereocenters. The van der Waals surface area contributed by atoms with Gasteiger partial charge in [-0.2, -0.15) is 0 Å². The molecule has 0 aliphatic carbocycles. The molecule has 1 aromatic carbocycles. The number of hydrogen-bond donors (Lipinski definition) is 3. The van der Waals surface area contributed by atoms with Crippen LogP contribution in [0.3, 0.4) is 0 Å². The number of carboxylic acid groups (broad SMARTS) is 1. The van der Waals surface area contributed by atoms with Crippen LogP contribution in [0.5, 0.6) is 0 Å². The number of rotatable bonds is 6. The number of halogens is 1. The molecule has 0 saturated heterocycles. The monoisotopic (exact) mass is 280 g/mol. The fourth-order valence-corrected chi connectivity index (χ4v) is 1.45. The van der Waals surface area contributed by atoms with Crippen molar-refractivity contribution in [2.24, 2.45) is 0 Å². The van der Waals surface area contributed by atoms with Gasteiger partial charge >= 0.3 is 12.0 Å². The van der Waals surface area contributed by atoms with Crippen LogP contribution in [0.2, 0.25) is 0 Å². The smallest absolute Gasteiger partial charge is 0.328 e. The van der Waals surface area contributed by atoms with Crippen LogP contribution in [0, 0.1) is 5.82 Å². The van der Waals surface area contributed by atoms with Crippen molar-refractivity contribution in [2.45, 2.75) is 19.8 Å². The number of anilines is 1. The van der Waals surface area contributed by atoms with Crippen molar-refractivity contribution in [2.75, 3.05) is 11.9 Å². The van der Waals surface area contributed by atoms with Crippen LogP contribution in [-0.2, 0) is 4.79 Å². The quantitative estimate of drug-likeness (QED) is 0.554. The summed E-state index contributed by atoms with van der Waals surface area (Å²) in [6.45, 7) is 2.53. The zero-order valence-corrected chi connectivity index (χ0v) is 11.1. The van der Waals surface area contributed by atoms with E-state index in [9.17, 15) is 14.0 Å². The second kappa shape index (κ2) is 7.93. The molecule has 0 aromatic heterocycles. The van der Waals surface area contributed by atoms with E-state index in [1.807, 2.05) is 6.92 Å². The average Bonchev–Trinajstić information content (AvgIpc) is 2.39. The molecule has 5 nitrogen and oxygen atoms in total. The van der Waals surface area contributed by atoms with Gasteiger partial charge in [-0.3, -0.25) is 0 Å². The minimum atomic E-state index is -1.11. The first-order chi connectivity index (χ1) is 9.52. The van der Waals surface area contributed by atoms with Crippen molar-refractivity contribution < 1.29 is 19.1 Å². The van der Waals surface area contributed by atoms with E-state index >= 15 is 0 Å². The lowest BCUT2D eigenvalue weighted by Gasteiger charge is -2.08. The fourth-order valence-electron chi connectivity index (χ4n) is 1.45. The third kappa shape index (κ3) is 5.51. The molecule has 1 aromatic rings. The summed E-state index contributed by atoms with van der Waals surface area (Å²) in [6.07, 6.45) is 4.00. The Morgan fingerprint density at radius 2 is 2.15 bits per heavy atom. The van der Waals surface area contributed by atoms with Crippen LogP contribution in [0.25, 0.3) is 6.08 Å². The van der Waals surface area contributed by atoms with Gasteiger partial charge in [0.2, 0.25) is 0 Å². The SMILES string of the molecule is CCCCNC(=O)Nc1ccc(C=CC(=O)O)cc1F. The second-order valence-corrected chi connectivity index (χ2v) is 4.15. The van der Waals surface area contributed by atoms with Crippen LogP contribution in [0.1, 0.15) is 25.3 Å². The molecule has 108 valence electrons. The lowest BCUT2D eigenvalue weighted by Crippen LogP contribution is -2.29. The lowest BCUT2D eigenvalue weighted by molar-refractivity contribution is -0.131. The van der Waals surface area contributed by atoms with Gasteiger partial charge in [-0.25, -0.2) is 14.0 Å². The third-order valence-electron chi connectivity index (χ3n) is 2.48. The van der Waals surface area contributed by atoms with Crippen molar-refractivity contribution in [3.05, 3.63) is 35.7 Å². The van der Waals surface area contributed by atoms with Gasteiger partial charge in [0, 0.05) is 12.6 Å². The standard InChI is InChI=1S/C14H17FN2O3/c1-2-3-8-16-14(20)17-12-6-4-10(9-11(12)15)5-7-13(18)19/h4-7,9H,2-3,8H2,1H3,(H,18,19)(H2,16,17,20). The first kappa shape index (κ1) is 15.7. The Balaban J connectivity index is 2.64. The van der Waals surface area contributed by atoms with Crippen molar-refractivity contribution in [3.63, 3.8) is 0 Å². The van der Waals surface area contributed by atoms with Crippen LogP contribution in [-0.4, -0.2) is 23.7 Å². The Bertz CT molecular complexity index is 515. The van der Waals surface area contributed by atoms with E-state index < -0.39 is 17.8 Å². The maximum Gasteiger partial charge on any atom is 0.328 e. The van der Waals surface area contributed by atoms with E-state index in [4.69, 9.17) is 5.11 Å². The van der Waals surface area contributed by atoms with Gasteiger partial charge in [-0.1, -0.05) is 19.4 Å². The molecular formula is C14H17FN2O3. The van der Waals surface area contributed by atoms with Crippen LogP contribution < -0.4 is 10.6 Å². The highest BCUT2D eigenvalue weighted by Crippen LogP contribution is 2.16. The number of nitrogens with one attached hydrogen (secondary N) is 2. The molecule has 0 spiro atoms. The molecule has 0 bridgehead atoms. The number of aliphatic carboxylic acids is 1. The minimum Gasteiger partial charge on any atom is -0.478 e. The molecule has 6 heteroatoms. The average molecular weight is 280 g/mol. The predicted molar refractivity (Wildman–Crippen MR) is 75.0 cm³/mol. The van der Waals surface area contributed by atoms with Crippen molar-refractivity contribution in [1.29, 1.82) is 0 Å². The first-order valence-electron chi connectivity index (χ1n) is 6.28.